The number of carboxylic acid groups (broad SMARTS) is 1. The van der Waals surface area contributed by atoms with Gasteiger partial charge in [0.25, 0.3) is 0 Å². The zero-order valence-corrected chi connectivity index (χ0v) is 19.5. The summed E-state index contributed by atoms with van der Waals surface area (Å²) in [4.78, 5) is 12.3. The molecule has 0 unspecified atom stereocenters. The number of hydrogen-bond acceptors (Lipinski definition) is 3. The highest BCUT2D eigenvalue weighted by Gasteiger charge is 2.60. The van der Waals surface area contributed by atoms with Crippen LogP contribution < -0.4 is 5.32 Å². The molecule has 2 aromatic rings. The van der Waals surface area contributed by atoms with Gasteiger partial charge in [0, 0.05) is 22.5 Å². The van der Waals surface area contributed by atoms with Gasteiger partial charge in [-0.05, 0) is 41.7 Å². The number of hydrogen-bond donors (Lipinski definition) is 2. The van der Waals surface area contributed by atoms with Crippen LogP contribution in [0, 0.1) is 22.6 Å². The maximum Gasteiger partial charge on any atom is 0.321 e. The Labute approximate surface area is 195 Å². The molecule has 0 bridgehead atoms. The number of aliphatic carboxylic acids is 1. The molecule has 164 valence electrons. The predicted molar refractivity (Wildman–Crippen MR) is 120 cm³/mol. The molecule has 31 heavy (non-hydrogen) atoms. The molecule has 0 aliphatic carbocycles. The summed E-state index contributed by atoms with van der Waals surface area (Å²) in [6.45, 7) is 5.95. The molecule has 8 heteroatoms. The van der Waals surface area contributed by atoms with Crippen molar-refractivity contribution in [2.24, 2.45) is 5.41 Å². The van der Waals surface area contributed by atoms with Crippen LogP contribution in [0.2, 0.25) is 15.1 Å². The molecule has 0 aromatic heterocycles. The van der Waals surface area contributed by atoms with Crippen molar-refractivity contribution >= 4 is 40.8 Å². The van der Waals surface area contributed by atoms with E-state index in [-0.39, 0.29) is 21.0 Å². The molecule has 1 fully saturated rings. The quantitative estimate of drug-likeness (QED) is 0.543. The molecule has 2 N–H and O–H groups in total. The molecular formula is C23H22Cl3FN2O2. The number of rotatable bonds is 4. The van der Waals surface area contributed by atoms with E-state index in [0.717, 1.165) is 6.07 Å². The van der Waals surface area contributed by atoms with Gasteiger partial charge in [-0.2, -0.15) is 5.26 Å². The highest BCUT2D eigenvalue weighted by molar-refractivity contribution is 6.42. The summed E-state index contributed by atoms with van der Waals surface area (Å²) in [5, 5.41) is 24.4. The van der Waals surface area contributed by atoms with Crippen molar-refractivity contribution in [1.29, 1.82) is 5.26 Å². The molecule has 3 rings (SSSR count). The highest BCUT2D eigenvalue weighted by atomic mass is 35.5. The van der Waals surface area contributed by atoms with Gasteiger partial charge in [-0.25, -0.2) is 4.39 Å². The zero-order valence-electron chi connectivity index (χ0n) is 17.2. The summed E-state index contributed by atoms with van der Waals surface area (Å²) in [5.41, 5.74) is -1.21. The second-order valence-electron chi connectivity index (χ2n) is 9.06. The smallest absolute Gasteiger partial charge is 0.321 e. The Balaban J connectivity index is 2.34. The third-order valence-corrected chi connectivity index (χ3v) is 6.68. The van der Waals surface area contributed by atoms with Crippen molar-refractivity contribution in [3.63, 3.8) is 0 Å². The fourth-order valence-electron chi connectivity index (χ4n) is 4.52. The van der Waals surface area contributed by atoms with E-state index in [9.17, 15) is 15.2 Å². The van der Waals surface area contributed by atoms with Crippen LogP contribution in [-0.4, -0.2) is 23.2 Å². The first-order valence-electron chi connectivity index (χ1n) is 9.71. The van der Waals surface area contributed by atoms with Gasteiger partial charge in [0.05, 0.1) is 16.1 Å². The molecule has 1 aliphatic heterocycles. The SMILES string of the molecule is CC(C)(C)C[C@@H]1N[C@@H](C(=O)O)[C@H](c2ccc(Cl)c(Cl)c2)[C@@]1(C#N)c1ccc(Cl)cc1F. The molecule has 0 amide bonds. The summed E-state index contributed by atoms with van der Waals surface area (Å²) in [6, 6.07) is 9.37. The van der Waals surface area contributed by atoms with E-state index in [1.165, 1.54) is 12.1 Å². The summed E-state index contributed by atoms with van der Waals surface area (Å²) in [6.07, 6.45) is 0.435. The number of carboxylic acids is 1. The third kappa shape index (κ3) is 4.40. The van der Waals surface area contributed by atoms with Crippen LogP contribution >= 0.6 is 34.8 Å². The minimum absolute atomic E-state index is 0.0981. The van der Waals surface area contributed by atoms with E-state index >= 15 is 4.39 Å². The molecular weight excluding hydrogens is 462 g/mol. The maximum atomic E-state index is 15.2. The van der Waals surface area contributed by atoms with Gasteiger partial charge in [0.2, 0.25) is 0 Å². The van der Waals surface area contributed by atoms with Crippen LogP contribution in [0.5, 0.6) is 0 Å². The highest BCUT2D eigenvalue weighted by Crippen LogP contribution is 2.52. The minimum atomic E-state index is -1.53. The molecule has 1 aliphatic rings. The summed E-state index contributed by atoms with van der Waals surface area (Å²) in [7, 11) is 0. The van der Waals surface area contributed by atoms with E-state index < -0.39 is 35.2 Å². The number of nitrogens with zero attached hydrogens (tertiary/aromatic N) is 1. The molecule has 0 saturated carbocycles. The molecule has 1 heterocycles. The summed E-state index contributed by atoms with van der Waals surface area (Å²) in [5.74, 6) is -2.72. The number of carbonyl (C=O) groups is 1. The van der Waals surface area contributed by atoms with Gasteiger partial charge in [0.1, 0.15) is 17.3 Å². The van der Waals surface area contributed by atoms with Crippen molar-refractivity contribution in [2.45, 2.75) is 50.6 Å². The zero-order chi connectivity index (χ0) is 23.1. The van der Waals surface area contributed by atoms with E-state index in [2.05, 4.69) is 11.4 Å². The van der Waals surface area contributed by atoms with Crippen LogP contribution in [0.4, 0.5) is 4.39 Å². The van der Waals surface area contributed by atoms with Crippen LogP contribution in [0.1, 0.15) is 44.2 Å². The number of benzene rings is 2. The standard InChI is InChI=1S/C23H22Cl3FN2O2/c1-22(2,3)10-18-23(11-28,14-6-5-13(24)9-17(14)27)19(20(29-18)21(30)31)12-4-7-15(25)16(26)8-12/h4-9,18-20,29H,10H2,1-3H3,(H,30,31)/t18-,19-,20+,23-/m0/s1. The first kappa shape index (κ1) is 23.8. The van der Waals surface area contributed by atoms with Gasteiger partial charge in [-0.1, -0.05) is 67.7 Å². The molecule has 0 spiro atoms. The third-order valence-electron chi connectivity index (χ3n) is 5.70. The van der Waals surface area contributed by atoms with Gasteiger partial charge in [0.15, 0.2) is 0 Å². The molecule has 4 atom stereocenters. The van der Waals surface area contributed by atoms with Crippen molar-refractivity contribution in [1.82, 2.24) is 5.32 Å². The van der Waals surface area contributed by atoms with Gasteiger partial charge in [-0.3, -0.25) is 10.1 Å². The fourth-order valence-corrected chi connectivity index (χ4v) is 4.98. The van der Waals surface area contributed by atoms with Gasteiger partial charge < -0.3 is 5.11 Å². The second-order valence-corrected chi connectivity index (χ2v) is 10.3. The molecule has 2 aromatic carbocycles. The number of halogens is 4. The largest absolute Gasteiger partial charge is 0.480 e. The van der Waals surface area contributed by atoms with E-state index in [4.69, 9.17) is 34.8 Å². The van der Waals surface area contributed by atoms with E-state index in [1.54, 1.807) is 18.2 Å². The van der Waals surface area contributed by atoms with Crippen molar-refractivity contribution < 1.29 is 14.3 Å². The van der Waals surface area contributed by atoms with E-state index in [0.29, 0.717) is 17.0 Å². The van der Waals surface area contributed by atoms with Crippen LogP contribution in [0.15, 0.2) is 36.4 Å². The molecule has 4 nitrogen and oxygen atoms in total. The van der Waals surface area contributed by atoms with Crippen molar-refractivity contribution in [3.05, 3.63) is 68.4 Å². The Hall–Kier alpha value is -1.84. The van der Waals surface area contributed by atoms with Gasteiger partial charge in [-0.15, -0.1) is 0 Å². The normalized spacial score (nSPS) is 25.9. The Bertz CT molecular complexity index is 1060. The van der Waals surface area contributed by atoms with Crippen molar-refractivity contribution in [2.75, 3.05) is 0 Å². The second kappa shape index (κ2) is 8.60. The Morgan fingerprint density at radius 1 is 1.19 bits per heavy atom. The maximum absolute atomic E-state index is 15.2. The lowest BCUT2D eigenvalue weighted by molar-refractivity contribution is -0.139. The lowest BCUT2D eigenvalue weighted by Gasteiger charge is -2.37. The average Bonchev–Trinajstić information content (AvgIpc) is 2.97. The predicted octanol–water partition coefficient (Wildman–Crippen LogP) is 6.19. The average molecular weight is 484 g/mol. The van der Waals surface area contributed by atoms with Crippen LogP contribution in [-0.2, 0) is 10.2 Å². The Morgan fingerprint density at radius 2 is 1.87 bits per heavy atom. The monoisotopic (exact) mass is 482 g/mol. The molecule has 1 saturated heterocycles. The number of nitriles is 1. The van der Waals surface area contributed by atoms with Crippen LogP contribution in [0.3, 0.4) is 0 Å². The molecule has 0 radical (unpaired) electrons. The van der Waals surface area contributed by atoms with E-state index in [1.807, 2.05) is 20.8 Å². The van der Waals surface area contributed by atoms with Crippen molar-refractivity contribution in [3.8, 4) is 6.07 Å². The summed E-state index contributed by atoms with van der Waals surface area (Å²) >= 11 is 18.2. The number of nitrogens with one attached hydrogen (secondary N) is 1. The fraction of sp³-hybridized carbons (Fsp3) is 0.391. The Kier molecular flexibility index (Phi) is 6.60. The van der Waals surface area contributed by atoms with Crippen LogP contribution in [0.25, 0.3) is 0 Å². The lowest BCUT2D eigenvalue weighted by Crippen LogP contribution is -2.44. The minimum Gasteiger partial charge on any atom is -0.480 e. The summed E-state index contributed by atoms with van der Waals surface area (Å²) < 4.78 is 15.2. The first-order valence-corrected chi connectivity index (χ1v) is 10.8. The first-order chi connectivity index (χ1) is 14.4. The lowest BCUT2D eigenvalue weighted by atomic mass is 9.63. The Morgan fingerprint density at radius 3 is 2.39 bits per heavy atom. The van der Waals surface area contributed by atoms with Gasteiger partial charge >= 0.3 is 5.97 Å². The topological polar surface area (TPSA) is 73.1 Å².